The normalized spacial score (nSPS) is 10.3. The molecule has 0 atom stereocenters. The molecule has 0 aliphatic carbocycles. The minimum atomic E-state index is 0.575. The fraction of sp³-hybridized carbons (Fsp3) is 0.200. The Bertz CT molecular complexity index is 818. The van der Waals surface area contributed by atoms with Crippen molar-refractivity contribution >= 4 is 17.5 Å². The van der Waals surface area contributed by atoms with Crippen molar-refractivity contribution in [2.24, 2.45) is 0 Å². The Morgan fingerprint density at radius 1 is 1.00 bits per heavy atom. The topological polar surface area (TPSA) is 59.1 Å². The standard InChI is InChI=1S/C20H22N4O/c1-15-7-9-17(10-8-15)23-20-22-14-12-19(24-20)21-13-11-16-5-3-4-6-18(16)25-2/h3-10,12,14H,11,13H2,1-2H3,(H2,21,22,23,24). The van der Waals surface area contributed by atoms with Gasteiger partial charge in [-0.3, -0.25) is 0 Å². The van der Waals surface area contributed by atoms with Crippen molar-refractivity contribution in [1.82, 2.24) is 9.97 Å². The second-order valence-electron chi connectivity index (χ2n) is 5.75. The largest absolute Gasteiger partial charge is 0.496 e. The van der Waals surface area contributed by atoms with Crippen LogP contribution in [0.4, 0.5) is 17.5 Å². The maximum absolute atomic E-state index is 5.38. The minimum Gasteiger partial charge on any atom is -0.496 e. The third-order valence-electron chi connectivity index (χ3n) is 3.86. The van der Waals surface area contributed by atoms with Gasteiger partial charge in [-0.05, 0) is 43.2 Å². The Labute approximate surface area is 148 Å². The van der Waals surface area contributed by atoms with Gasteiger partial charge in [-0.15, -0.1) is 0 Å². The summed E-state index contributed by atoms with van der Waals surface area (Å²) in [6.07, 6.45) is 2.60. The van der Waals surface area contributed by atoms with Gasteiger partial charge in [0.25, 0.3) is 0 Å². The molecule has 128 valence electrons. The van der Waals surface area contributed by atoms with E-state index in [0.717, 1.165) is 30.2 Å². The zero-order valence-electron chi connectivity index (χ0n) is 14.5. The van der Waals surface area contributed by atoms with E-state index in [1.807, 2.05) is 36.4 Å². The molecule has 2 aromatic carbocycles. The molecule has 5 heteroatoms. The van der Waals surface area contributed by atoms with E-state index in [0.29, 0.717) is 5.95 Å². The van der Waals surface area contributed by atoms with E-state index >= 15 is 0 Å². The maximum atomic E-state index is 5.38. The molecular formula is C20H22N4O. The second kappa shape index (κ2) is 8.15. The highest BCUT2D eigenvalue weighted by molar-refractivity contribution is 5.55. The number of para-hydroxylation sites is 1. The number of methoxy groups -OCH3 is 1. The van der Waals surface area contributed by atoms with Crippen molar-refractivity contribution in [2.45, 2.75) is 13.3 Å². The molecule has 0 unspecified atom stereocenters. The molecule has 2 N–H and O–H groups in total. The summed E-state index contributed by atoms with van der Waals surface area (Å²) in [6.45, 7) is 2.83. The van der Waals surface area contributed by atoms with Gasteiger partial charge in [0, 0.05) is 18.4 Å². The van der Waals surface area contributed by atoms with Crippen LogP contribution < -0.4 is 15.4 Å². The molecule has 0 saturated carbocycles. The maximum Gasteiger partial charge on any atom is 0.229 e. The second-order valence-corrected chi connectivity index (χ2v) is 5.75. The lowest BCUT2D eigenvalue weighted by atomic mass is 10.1. The van der Waals surface area contributed by atoms with E-state index < -0.39 is 0 Å². The van der Waals surface area contributed by atoms with Crippen molar-refractivity contribution in [3.05, 3.63) is 71.9 Å². The number of anilines is 3. The van der Waals surface area contributed by atoms with E-state index in [-0.39, 0.29) is 0 Å². The van der Waals surface area contributed by atoms with Crippen LogP contribution in [0.5, 0.6) is 5.75 Å². The molecule has 0 aliphatic heterocycles. The van der Waals surface area contributed by atoms with Crippen LogP contribution in [0.25, 0.3) is 0 Å². The molecular weight excluding hydrogens is 312 g/mol. The minimum absolute atomic E-state index is 0.575. The van der Waals surface area contributed by atoms with Crippen LogP contribution in [-0.4, -0.2) is 23.6 Å². The number of hydrogen-bond acceptors (Lipinski definition) is 5. The Kier molecular flexibility index (Phi) is 5.46. The molecule has 5 nitrogen and oxygen atoms in total. The summed E-state index contributed by atoms with van der Waals surface area (Å²) in [5, 5.41) is 6.55. The number of hydrogen-bond donors (Lipinski definition) is 2. The van der Waals surface area contributed by atoms with Crippen molar-refractivity contribution in [1.29, 1.82) is 0 Å². The van der Waals surface area contributed by atoms with Gasteiger partial charge >= 0.3 is 0 Å². The average Bonchev–Trinajstić information content (AvgIpc) is 2.64. The summed E-state index contributed by atoms with van der Waals surface area (Å²) in [5.41, 5.74) is 3.36. The molecule has 25 heavy (non-hydrogen) atoms. The number of nitrogens with one attached hydrogen (secondary N) is 2. The number of nitrogens with zero attached hydrogens (tertiary/aromatic N) is 2. The van der Waals surface area contributed by atoms with Crippen LogP contribution in [0, 0.1) is 6.92 Å². The predicted molar refractivity (Wildman–Crippen MR) is 102 cm³/mol. The predicted octanol–water partition coefficient (Wildman–Crippen LogP) is 4.19. The highest BCUT2D eigenvalue weighted by Crippen LogP contribution is 2.18. The van der Waals surface area contributed by atoms with Gasteiger partial charge in [0.2, 0.25) is 5.95 Å². The third kappa shape index (κ3) is 4.70. The summed E-state index contributed by atoms with van der Waals surface area (Å²) in [4.78, 5) is 8.77. The van der Waals surface area contributed by atoms with Crippen molar-refractivity contribution in [2.75, 3.05) is 24.3 Å². The molecule has 3 aromatic rings. The SMILES string of the molecule is COc1ccccc1CCNc1ccnc(Nc2ccc(C)cc2)n1. The van der Waals surface area contributed by atoms with Crippen LogP contribution in [0.15, 0.2) is 60.8 Å². The Morgan fingerprint density at radius 3 is 2.60 bits per heavy atom. The van der Waals surface area contributed by atoms with Crippen LogP contribution in [0.3, 0.4) is 0 Å². The monoisotopic (exact) mass is 334 g/mol. The van der Waals surface area contributed by atoms with Gasteiger partial charge in [-0.2, -0.15) is 4.98 Å². The fourth-order valence-corrected chi connectivity index (χ4v) is 2.52. The zero-order chi connectivity index (χ0) is 17.5. The quantitative estimate of drug-likeness (QED) is 0.678. The van der Waals surface area contributed by atoms with Gasteiger partial charge in [-0.25, -0.2) is 4.98 Å². The lowest BCUT2D eigenvalue weighted by Gasteiger charge is -2.10. The van der Waals surface area contributed by atoms with E-state index in [1.165, 1.54) is 11.1 Å². The van der Waals surface area contributed by atoms with E-state index in [4.69, 9.17) is 4.74 Å². The summed E-state index contributed by atoms with van der Waals surface area (Å²) >= 11 is 0. The molecule has 0 aliphatic rings. The van der Waals surface area contributed by atoms with Gasteiger partial charge in [0.05, 0.1) is 7.11 Å². The molecule has 1 heterocycles. The fourth-order valence-electron chi connectivity index (χ4n) is 2.52. The van der Waals surface area contributed by atoms with Gasteiger partial charge in [0.15, 0.2) is 0 Å². The van der Waals surface area contributed by atoms with Gasteiger partial charge in [-0.1, -0.05) is 35.9 Å². The van der Waals surface area contributed by atoms with Gasteiger partial charge in [0.1, 0.15) is 11.6 Å². The first-order valence-electron chi connectivity index (χ1n) is 8.27. The Balaban J connectivity index is 1.59. The van der Waals surface area contributed by atoms with Gasteiger partial charge < -0.3 is 15.4 Å². The lowest BCUT2D eigenvalue weighted by Crippen LogP contribution is -2.08. The highest BCUT2D eigenvalue weighted by atomic mass is 16.5. The molecule has 0 bridgehead atoms. The number of rotatable bonds is 7. The molecule has 0 amide bonds. The van der Waals surface area contributed by atoms with Crippen LogP contribution >= 0.6 is 0 Å². The smallest absolute Gasteiger partial charge is 0.229 e. The summed E-state index contributed by atoms with van der Waals surface area (Å²) < 4.78 is 5.38. The van der Waals surface area contributed by atoms with E-state index in [2.05, 4.69) is 45.7 Å². The van der Waals surface area contributed by atoms with E-state index in [9.17, 15) is 0 Å². The Hall–Kier alpha value is -3.08. The summed E-state index contributed by atoms with van der Waals surface area (Å²) in [6, 6.07) is 18.0. The first-order chi connectivity index (χ1) is 12.2. The Morgan fingerprint density at radius 2 is 1.80 bits per heavy atom. The molecule has 0 spiro atoms. The summed E-state index contributed by atoms with van der Waals surface area (Å²) in [7, 11) is 1.69. The number of ether oxygens (including phenoxy) is 1. The average molecular weight is 334 g/mol. The van der Waals surface area contributed by atoms with Crippen LogP contribution in [0.2, 0.25) is 0 Å². The third-order valence-corrected chi connectivity index (χ3v) is 3.86. The molecule has 0 saturated heterocycles. The summed E-state index contributed by atoms with van der Waals surface area (Å²) in [5.74, 6) is 2.28. The molecule has 0 radical (unpaired) electrons. The highest BCUT2D eigenvalue weighted by Gasteiger charge is 2.03. The molecule has 0 fully saturated rings. The van der Waals surface area contributed by atoms with Crippen molar-refractivity contribution < 1.29 is 4.74 Å². The van der Waals surface area contributed by atoms with Crippen LogP contribution in [-0.2, 0) is 6.42 Å². The van der Waals surface area contributed by atoms with E-state index in [1.54, 1.807) is 13.3 Å². The lowest BCUT2D eigenvalue weighted by molar-refractivity contribution is 0.410. The zero-order valence-corrected chi connectivity index (χ0v) is 14.5. The number of benzene rings is 2. The number of aromatic nitrogens is 2. The first-order valence-corrected chi connectivity index (χ1v) is 8.27. The van der Waals surface area contributed by atoms with Crippen molar-refractivity contribution in [3.8, 4) is 5.75 Å². The molecule has 3 rings (SSSR count). The van der Waals surface area contributed by atoms with Crippen molar-refractivity contribution in [3.63, 3.8) is 0 Å². The number of aryl methyl sites for hydroxylation is 1. The van der Waals surface area contributed by atoms with Crippen LogP contribution in [0.1, 0.15) is 11.1 Å². The first kappa shape index (κ1) is 16.8. The molecule has 1 aromatic heterocycles.